The normalized spacial score (nSPS) is 18.8. The first-order chi connectivity index (χ1) is 13.9. The zero-order valence-electron chi connectivity index (χ0n) is 16.9. The number of hydrogen-bond donors (Lipinski definition) is 1. The van der Waals surface area contributed by atoms with Gasteiger partial charge < -0.3 is 10.1 Å². The smallest absolute Gasteiger partial charge is 0.243 e. The van der Waals surface area contributed by atoms with Gasteiger partial charge in [0, 0.05) is 13.1 Å². The van der Waals surface area contributed by atoms with Gasteiger partial charge in [-0.05, 0) is 51.0 Å². The van der Waals surface area contributed by atoms with Crippen LogP contribution in [0.2, 0.25) is 0 Å². The largest absolute Gasteiger partial charge is 0.491 e. The summed E-state index contributed by atoms with van der Waals surface area (Å²) in [5, 5.41) is 2.96. The number of benzene rings is 2. The van der Waals surface area contributed by atoms with Crippen LogP contribution >= 0.6 is 0 Å². The number of nitrogens with one attached hydrogen (secondary N) is 1. The van der Waals surface area contributed by atoms with Gasteiger partial charge in [-0.2, -0.15) is 4.31 Å². The van der Waals surface area contributed by atoms with Crippen LogP contribution in [-0.2, 0) is 14.8 Å². The minimum Gasteiger partial charge on any atom is -0.491 e. The fourth-order valence-electron chi connectivity index (χ4n) is 3.37. The van der Waals surface area contributed by atoms with Gasteiger partial charge in [-0.25, -0.2) is 8.42 Å². The van der Waals surface area contributed by atoms with E-state index in [4.69, 9.17) is 4.74 Å². The molecular formula is C22H28N2O4S. The second-order valence-corrected chi connectivity index (χ2v) is 9.49. The molecule has 1 heterocycles. The number of hydrogen-bond acceptors (Lipinski definition) is 4. The molecule has 0 aromatic heterocycles. The van der Waals surface area contributed by atoms with Crippen molar-refractivity contribution < 1.29 is 17.9 Å². The van der Waals surface area contributed by atoms with Gasteiger partial charge in [-0.1, -0.05) is 35.9 Å². The van der Waals surface area contributed by atoms with Crippen molar-refractivity contribution in [3.8, 4) is 5.75 Å². The van der Waals surface area contributed by atoms with E-state index >= 15 is 0 Å². The van der Waals surface area contributed by atoms with Crippen molar-refractivity contribution >= 4 is 15.9 Å². The molecule has 3 rings (SSSR count). The van der Waals surface area contributed by atoms with E-state index in [0.29, 0.717) is 26.0 Å². The first-order valence-corrected chi connectivity index (χ1v) is 11.4. The van der Waals surface area contributed by atoms with Crippen LogP contribution in [0.4, 0.5) is 0 Å². The lowest BCUT2D eigenvalue weighted by Crippen LogP contribution is -2.48. The molecule has 7 heteroatoms. The monoisotopic (exact) mass is 416 g/mol. The number of sulfonamides is 1. The van der Waals surface area contributed by atoms with Crippen LogP contribution in [0.5, 0.6) is 5.75 Å². The Balaban J connectivity index is 1.54. The van der Waals surface area contributed by atoms with Crippen LogP contribution in [0, 0.1) is 12.8 Å². The molecule has 2 atom stereocenters. The number of nitrogens with zero attached hydrogens (tertiary/aromatic N) is 1. The molecule has 2 aromatic carbocycles. The lowest BCUT2D eigenvalue weighted by Gasteiger charge is -2.31. The quantitative estimate of drug-likeness (QED) is 0.753. The fraction of sp³-hybridized carbons (Fsp3) is 0.409. The molecule has 0 saturated carbocycles. The van der Waals surface area contributed by atoms with Gasteiger partial charge in [0.1, 0.15) is 12.4 Å². The Morgan fingerprint density at radius 2 is 1.86 bits per heavy atom. The molecule has 156 valence electrons. The Hall–Kier alpha value is -2.38. The number of carbonyl (C=O) groups is 1. The zero-order chi connectivity index (χ0) is 20.9. The number of aryl methyl sites for hydroxylation is 1. The average molecular weight is 417 g/mol. The minimum atomic E-state index is -3.58. The Bertz CT molecular complexity index is 914. The molecule has 1 N–H and O–H groups in total. The third kappa shape index (κ3) is 5.58. The third-order valence-electron chi connectivity index (χ3n) is 5.05. The van der Waals surface area contributed by atoms with Crippen molar-refractivity contribution in [1.29, 1.82) is 0 Å². The first-order valence-electron chi connectivity index (χ1n) is 9.91. The van der Waals surface area contributed by atoms with Crippen molar-refractivity contribution in [2.24, 2.45) is 5.92 Å². The number of carbonyl (C=O) groups excluding carboxylic acids is 1. The summed E-state index contributed by atoms with van der Waals surface area (Å²) >= 11 is 0. The Morgan fingerprint density at radius 3 is 2.55 bits per heavy atom. The maximum Gasteiger partial charge on any atom is 0.243 e. The number of piperidine rings is 1. The second kappa shape index (κ2) is 9.41. The Morgan fingerprint density at radius 1 is 1.17 bits per heavy atom. The molecule has 1 fully saturated rings. The number of amides is 1. The summed E-state index contributed by atoms with van der Waals surface area (Å²) in [6, 6.07) is 15.9. The molecule has 29 heavy (non-hydrogen) atoms. The molecule has 6 nitrogen and oxygen atoms in total. The van der Waals surface area contributed by atoms with E-state index in [1.165, 1.54) is 4.31 Å². The molecule has 1 amide bonds. The van der Waals surface area contributed by atoms with Crippen LogP contribution in [0.1, 0.15) is 25.3 Å². The van der Waals surface area contributed by atoms with Crippen LogP contribution in [0.25, 0.3) is 0 Å². The van der Waals surface area contributed by atoms with Crippen molar-refractivity contribution in [2.45, 2.75) is 37.6 Å². The lowest BCUT2D eigenvalue weighted by atomic mass is 9.98. The van der Waals surface area contributed by atoms with Crippen molar-refractivity contribution in [2.75, 3.05) is 19.7 Å². The van der Waals surface area contributed by atoms with Crippen molar-refractivity contribution in [3.05, 3.63) is 60.2 Å². The van der Waals surface area contributed by atoms with Gasteiger partial charge in [0.2, 0.25) is 15.9 Å². The van der Waals surface area contributed by atoms with Crippen LogP contribution in [-0.4, -0.2) is 44.4 Å². The summed E-state index contributed by atoms with van der Waals surface area (Å²) in [4.78, 5) is 13.0. The highest BCUT2D eigenvalue weighted by atomic mass is 32.2. The third-order valence-corrected chi connectivity index (χ3v) is 6.92. The maximum absolute atomic E-state index is 12.8. The second-order valence-electron chi connectivity index (χ2n) is 7.55. The fourth-order valence-corrected chi connectivity index (χ4v) is 4.92. The molecule has 2 aromatic rings. The highest BCUT2D eigenvalue weighted by Gasteiger charge is 2.33. The summed E-state index contributed by atoms with van der Waals surface area (Å²) in [7, 11) is -3.58. The number of ether oxygens (including phenoxy) is 1. The van der Waals surface area contributed by atoms with E-state index < -0.39 is 10.0 Å². The molecular weight excluding hydrogens is 388 g/mol. The molecule has 0 bridgehead atoms. The summed E-state index contributed by atoms with van der Waals surface area (Å²) < 4.78 is 32.8. The van der Waals surface area contributed by atoms with E-state index in [0.717, 1.165) is 11.3 Å². The Kier molecular flexibility index (Phi) is 6.92. The van der Waals surface area contributed by atoms with E-state index in [2.05, 4.69) is 5.32 Å². The number of rotatable bonds is 7. The SMILES string of the molecule is Cc1ccc(OC[C@H](C)NC(=O)[C@H]2CCCN(S(=O)(=O)c3ccccc3)C2)cc1. The first kappa shape index (κ1) is 21.3. The predicted octanol–water partition coefficient (Wildman–Crippen LogP) is 2.98. The standard InChI is InChI=1S/C22H28N2O4S/c1-17-10-12-20(13-11-17)28-16-18(2)23-22(25)19-7-6-14-24(15-19)29(26,27)21-8-4-3-5-9-21/h3-5,8-13,18-19H,6-7,14-16H2,1-2H3,(H,23,25)/t18-,19-/m0/s1. The van der Waals surface area contributed by atoms with Gasteiger partial charge in [0.15, 0.2) is 0 Å². The summed E-state index contributed by atoms with van der Waals surface area (Å²) in [5.74, 6) is 0.275. The zero-order valence-corrected chi connectivity index (χ0v) is 17.7. The van der Waals surface area contributed by atoms with E-state index in [1.54, 1.807) is 30.3 Å². The predicted molar refractivity (Wildman–Crippen MR) is 112 cm³/mol. The molecule has 0 radical (unpaired) electrons. The van der Waals surface area contributed by atoms with E-state index in [1.807, 2.05) is 38.1 Å². The van der Waals surface area contributed by atoms with E-state index in [-0.39, 0.29) is 29.3 Å². The summed E-state index contributed by atoms with van der Waals surface area (Å²) in [5.41, 5.74) is 1.16. The van der Waals surface area contributed by atoms with Gasteiger partial charge >= 0.3 is 0 Å². The molecule has 1 aliphatic rings. The van der Waals surface area contributed by atoms with Crippen LogP contribution in [0.3, 0.4) is 0 Å². The van der Waals surface area contributed by atoms with Crippen molar-refractivity contribution in [3.63, 3.8) is 0 Å². The lowest BCUT2D eigenvalue weighted by molar-refractivity contribution is -0.126. The van der Waals surface area contributed by atoms with Crippen LogP contribution in [0.15, 0.2) is 59.5 Å². The van der Waals surface area contributed by atoms with Gasteiger partial charge in [0.25, 0.3) is 0 Å². The Labute approximate surface area is 172 Å². The molecule has 0 unspecified atom stereocenters. The molecule has 1 saturated heterocycles. The summed E-state index contributed by atoms with van der Waals surface area (Å²) in [6.45, 7) is 4.89. The van der Waals surface area contributed by atoms with Crippen molar-refractivity contribution in [1.82, 2.24) is 9.62 Å². The average Bonchev–Trinajstić information content (AvgIpc) is 2.74. The summed E-state index contributed by atoms with van der Waals surface area (Å²) in [6.07, 6.45) is 1.34. The topological polar surface area (TPSA) is 75.7 Å². The van der Waals surface area contributed by atoms with Crippen LogP contribution < -0.4 is 10.1 Å². The highest BCUT2D eigenvalue weighted by Crippen LogP contribution is 2.24. The van der Waals surface area contributed by atoms with Gasteiger partial charge in [-0.3, -0.25) is 4.79 Å². The molecule has 1 aliphatic heterocycles. The van der Waals surface area contributed by atoms with Gasteiger partial charge in [-0.15, -0.1) is 0 Å². The van der Waals surface area contributed by atoms with E-state index in [9.17, 15) is 13.2 Å². The maximum atomic E-state index is 12.8. The molecule has 0 spiro atoms. The highest BCUT2D eigenvalue weighted by molar-refractivity contribution is 7.89. The minimum absolute atomic E-state index is 0.127. The van der Waals surface area contributed by atoms with Gasteiger partial charge in [0.05, 0.1) is 16.9 Å². The molecule has 0 aliphatic carbocycles.